The van der Waals surface area contributed by atoms with Gasteiger partial charge in [-0.1, -0.05) is 0 Å². The van der Waals surface area contributed by atoms with E-state index in [1.807, 2.05) is 17.0 Å². The fraction of sp³-hybridized carbons (Fsp3) is 0.393. The lowest BCUT2D eigenvalue weighted by atomic mass is 10.0. The molecule has 208 valence electrons. The normalized spacial score (nSPS) is 17.9. The molecule has 40 heavy (non-hydrogen) atoms. The highest BCUT2D eigenvalue weighted by Crippen LogP contribution is 2.39. The van der Waals surface area contributed by atoms with Gasteiger partial charge in [-0.2, -0.15) is 13.2 Å². The van der Waals surface area contributed by atoms with Gasteiger partial charge in [-0.3, -0.25) is 4.90 Å². The van der Waals surface area contributed by atoms with Crippen molar-refractivity contribution >= 4 is 38.9 Å². The molecule has 0 bridgehead atoms. The monoisotopic (exact) mass is 551 g/mol. The number of nitrogens with zero attached hydrogens (tertiary/aromatic N) is 6. The molecule has 2 aliphatic heterocycles. The highest BCUT2D eigenvalue weighted by Gasteiger charge is 2.32. The number of likely N-dealkylation sites (N-methyl/N-ethyl adjacent to an activating group) is 1. The Morgan fingerprint density at radius 2 is 1.73 bits per heavy atom. The van der Waals surface area contributed by atoms with E-state index in [0.29, 0.717) is 77.3 Å². The second kappa shape index (κ2) is 9.72. The number of fused-ring (bicyclic) bond motifs is 4. The quantitative estimate of drug-likeness (QED) is 0.349. The molecule has 9 nitrogen and oxygen atoms in total. The number of anilines is 1. The first-order valence-corrected chi connectivity index (χ1v) is 13.4. The van der Waals surface area contributed by atoms with E-state index >= 15 is 0 Å². The number of aromatic nitrogens is 4. The maximum absolute atomic E-state index is 13.8. The molecule has 12 heteroatoms. The van der Waals surface area contributed by atoms with E-state index in [-0.39, 0.29) is 5.82 Å². The minimum absolute atomic E-state index is 0.203. The molecule has 0 radical (unpaired) electrons. The summed E-state index contributed by atoms with van der Waals surface area (Å²) in [5.41, 5.74) is 2.25. The Balaban J connectivity index is 1.38. The molecule has 0 spiro atoms. The molecule has 5 aromatic rings. The number of benzene rings is 1. The summed E-state index contributed by atoms with van der Waals surface area (Å²) in [5, 5.41) is 1.31. The van der Waals surface area contributed by atoms with Crippen molar-refractivity contribution in [3.63, 3.8) is 0 Å². The first-order chi connectivity index (χ1) is 19.3. The lowest BCUT2D eigenvalue weighted by Crippen LogP contribution is -2.43. The Hall–Kier alpha value is -3.74. The molecule has 0 saturated carbocycles. The van der Waals surface area contributed by atoms with E-state index in [9.17, 15) is 13.2 Å². The lowest BCUT2D eigenvalue weighted by molar-refractivity contribution is -0.137. The number of hydrogen-bond donors (Lipinski definition) is 1. The van der Waals surface area contributed by atoms with Gasteiger partial charge in [0.05, 0.1) is 29.9 Å². The Kier molecular flexibility index (Phi) is 6.13. The van der Waals surface area contributed by atoms with Gasteiger partial charge in [0.15, 0.2) is 17.2 Å². The molecule has 7 rings (SSSR count). The number of aromatic amines is 1. The van der Waals surface area contributed by atoms with Gasteiger partial charge >= 0.3 is 6.18 Å². The zero-order valence-electron chi connectivity index (χ0n) is 22.0. The van der Waals surface area contributed by atoms with Gasteiger partial charge in [0.1, 0.15) is 5.52 Å². The predicted molar refractivity (Wildman–Crippen MR) is 145 cm³/mol. The molecule has 2 fully saturated rings. The molecule has 0 aliphatic carbocycles. The molecule has 0 unspecified atom stereocenters. The van der Waals surface area contributed by atoms with Crippen LogP contribution < -0.4 is 4.90 Å². The number of ether oxygens (including phenoxy) is 1. The smallest absolute Gasteiger partial charge is 0.416 e. The first kappa shape index (κ1) is 25.2. The number of H-pyrrole nitrogens is 1. The highest BCUT2D eigenvalue weighted by molar-refractivity contribution is 6.06. The van der Waals surface area contributed by atoms with Crippen LogP contribution in [0.3, 0.4) is 0 Å². The fourth-order valence-corrected chi connectivity index (χ4v) is 5.50. The van der Waals surface area contributed by atoms with Gasteiger partial charge in [-0.25, -0.2) is 15.0 Å². The van der Waals surface area contributed by atoms with Crippen molar-refractivity contribution in [2.75, 3.05) is 64.4 Å². The molecule has 1 aromatic carbocycles. The number of pyridine rings is 1. The Bertz CT molecular complexity index is 1700. The number of nitrogens with one attached hydrogen (secondary N) is 1. The maximum Gasteiger partial charge on any atom is 0.416 e. The van der Waals surface area contributed by atoms with Gasteiger partial charge in [0.2, 0.25) is 5.71 Å². The summed E-state index contributed by atoms with van der Waals surface area (Å²) >= 11 is 0. The third-order valence-electron chi connectivity index (χ3n) is 7.75. The standard InChI is InChI=1S/C28H28F3N7O2/c1-36-6-8-37(9-7-36)16-18-2-3-20-23-24(40-27(20)33-18)26(38-10-12-39-13-11-38)35-25(34-23)21-14-17(28(29,30)31)15-22-19(21)4-5-32-22/h2-5,14-15,32H,6-13,16H2,1H3. The zero-order chi connectivity index (χ0) is 27.4. The zero-order valence-corrected chi connectivity index (χ0v) is 22.0. The number of halogens is 3. The van der Waals surface area contributed by atoms with Crippen LogP contribution in [0.25, 0.3) is 44.5 Å². The van der Waals surface area contributed by atoms with Crippen LogP contribution >= 0.6 is 0 Å². The van der Waals surface area contributed by atoms with Gasteiger partial charge in [-0.15, -0.1) is 0 Å². The third kappa shape index (κ3) is 4.55. The second-order valence-electron chi connectivity index (χ2n) is 10.4. The van der Waals surface area contributed by atoms with Crippen LogP contribution in [0, 0.1) is 0 Å². The van der Waals surface area contributed by atoms with Gasteiger partial charge in [-0.05, 0) is 37.4 Å². The van der Waals surface area contributed by atoms with Crippen molar-refractivity contribution in [2.24, 2.45) is 0 Å². The highest BCUT2D eigenvalue weighted by atomic mass is 19.4. The van der Waals surface area contributed by atoms with Crippen molar-refractivity contribution in [1.29, 1.82) is 0 Å². The molecule has 4 aromatic heterocycles. The Labute approximate surface area is 227 Å². The molecule has 6 heterocycles. The largest absolute Gasteiger partial charge is 0.432 e. The van der Waals surface area contributed by atoms with Gasteiger partial charge in [0.25, 0.3) is 0 Å². The summed E-state index contributed by atoms with van der Waals surface area (Å²) in [5.74, 6) is 0.733. The summed E-state index contributed by atoms with van der Waals surface area (Å²) < 4.78 is 53.3. The number of morpholine rings is 1. The Morgan fingerprint density at radius 1 is 0.925 bits per heavy atom. The Morgan fingerprint density at radius 3 is 2.50 bits per heavy atom. The summed E-state index contributed by atoms with van der Waals surface area (Å²) in [4.78, 5) is 24.0. The number of hydrogen-bond acceptors (Lipinski definition) is 8. The second-order valence-corrected chi connectivity index (χ2v) is 10.4. The van der Waals surface area contributed by atoms with Crippen LogP contribution in [0.5, 0.6) is 0 Å². The van der Waals surface area contributed by atoms with Crippen molar-refractivity contribution in [3.05, 3.63) is 47.8 Å². The van der Waals surface area contributed by atoms with Crippen molar-refractivity contribution < 1.29 is 22.3 Å². The van der Waals surface area contributed by atoms with Crippen LogP contribution in [0.2, 0.25) is 0 Å². The van der Waals surface area contributed by atoms with Crippen LogP contribution in [-0.4, -0.2) is 89.3 Å². The first-order valence-electron chi connectivity index (χ1n) is 13.4. The van der Waals surface area contributed by atoms with Gasteiger partial charge < -0.3 is 23.9 Å². The molecule has 2 saturated heterocycles. The van der Waals surface area contributed by atoms with Crippen molar-refractivity contribution in [3.8, 4) is 11.4 Å². The fourth-order valence-electron chi connectivity index (χ4n) is 5.50. The molecule has 2 aliphatic rings. The number of piperazine rings is 1. The molecular formula is C28H28F3N7O2. The average molecular weight is 552 g/mol. The summed E-state index contributed by atoms with van der Waals surface area (Å²) in [6, 6.07) is 7.89. The van der Waals surface area contributed by atoms with E-state index in [2.05, 4.69) is 21.8 Å². The summed E-state index contributed by atoms with van der Waals surface area (Å²) in [6.07, 6.45) is -2.90. The topological polar surface area (TPSA) is 86.5 Å². The van der Waals surface area contributed by atoms with E-state index in [1.165, 1.54) is 0 Å². The van der Waals surface area contributed by atoms with Crippen molar-refractivity contribution in [2.45, 2.75) is 12.7 Å². The minimum atomic E-state index is -4.52. The lowest BCUT2D eigenvalue weighted by Gasteiger charge is -2.31. The number of rotatable bonds is 4. The van der Waals surface area contributed by atoms with E-state index in [1.54, 1.807) is 12.3 Å². The van der Waals surface area contributed by atoms with Crippen LogP contribution in [0.15, 0.2) is 40.9 Å². The third-order valence-corrected chi connectivity index (χ3v) is 7.75. The average Bonchev–Trinajstić information content (AvgIpc) is 3.57. The van der Waals surface area contributed by atoms with Crippen LogP contribution in [0.4, 0.5) is 19.0 Å². The maximum atomic E-state index is 13.8. The summed E-state index contributed by atoms with van der Waals surface area (Å²) in [6.45, 7) is 6.85. The van der Waals surface area contributed by atoms with E-state index in [4.69, 9.17) is 24.1 Å². The van der Waals surface area contributed by atoms with Crippen LogP contribution in [-0.2, 0) is 17.5 Å². The molecular weight excluding hydrogens is 523 g/mol. The van der Waals surface area contributed by atoms with Crippen molar-refractivity contribution in [1.82, 2.24) is 29.7 Å². The van der Waals surface area contributed by atoms with Gasteiger partial charge in [0, 0.05) is 68.5 Å². The molecule has 1 N–H and O–H groups in total. The van der Waals surface area contributed by atoms with Crippen LogP contribution in [0.1, 0.15) is 11.3 Å². The number of alkyl halides is 3. The SMILES string of the molecule is CN1CCN(Cc2ccc3c(n2)oc2c(N4CCOCC4)nc(-c4cc(C(F)(F)F)cc5[nH]ccc45)nc23)CC1. The summed E-state index contributed by atoms with van der Waals surface area (Å²) in [7, 11) is 2.12. The molecule has 0 amide bonds. The number of furan rings is 1. The van der Waals surface area contributed by atoms with E-state index < -0.39 is 11.7 Å². The minimum Gasteiger partial charge on any atom is -0.432 e. The molecule has 0 atom stereocenters. The predicted octanol–water partition coefficient (Wildman–Crippen LogP) is 4.52. The van der Waals surface area contributed by atoms with E-state index in [0.717, 1.165) is 44.0 Å².